The Morgan fingerprint density at radius 1 is 1.19 bits per heavy atom. The van der Waals surface area contributed by atoms with Crippen LogP contribution >= 0.6 is 34.2 Å². The number of amides is 1. The van der Waals surface area contributed by atoms with E-state index in [0.29, 0.717) is 22.2 Å². The normalized spacial score (nSPS) is 11.1. The van der Waals surface area contributed by atoms with Crippen LogP contribution < -0.4 is 5.32 Å². The molecule has 134 valence electrons. The summed E-state index contributed by atoms with van der Waals surface area (Å²) in [5, 5.41) is 12.6. The SMILES string of the molecule is Cc1ccc(Cl)cc1NC(=O)/C(C#N)=C/c1ccc(-c2ccc(I)cc2)o1. The molecule has 1 heterocycles. The quantitative estimate of drug-likeness (QED) is 0.276. The molecule has 2 aromatic carbocycles. The molecule has 4 nitrogen and oxygen atoms in total. The van der Waals surface area contributed by atoms with Crippen molar-refractivity contribution in [2.75, 3.05) is 5.32 Å². The summed E-state index contributed by atoms with van der Waals surface area (Å²) >= 11 is 8.20. The number of hydrogen-bond acceptors (Lipinski definition) is 3. The van der Waals surface area contributed by atoms with Crippen molar-refractivity contribution in [2.45, 2.75) is 6.92 Å². The number of nitrogens with zero attached hydrogens (tertiary/aromatic N) is 1. The number of halogens is 2. The fourth-order valence-corrected chi connectivity index (χ4v) is 2.94. The van der Waals surface area contributed by atoms with Gasteiger partial charge >= 0.3 is 0 Å². The van der Waals surface area contributed by atoms with Crippen molar-refractivity contribution in [1.82, 2.24) is 0 Å². The molecule has 0 unspecified atom stereocenters. The summed E-state index contributed by atoms with van der Waals surface area (Å²) in [5.74, 6) is 0.578. The van der Waals surface area contributed by atoms with Crippen LogP contribution in [-0.4, -0.2) is 5.91 Å². The van der Waals surface area contributed by atoms with Crippen LogP contribution in [0.2, 0.25) is 5.02 Å². The van der Waals surface area contributed by atoms with Gasteiger partial charge in [-0.25, -0.2) is 0 Å². The zero-order chi connectivity index (χ0) is 19.4. The second-order valence-corrected chi connectivity index (χ2v) is 7.47. The van der Waals surface area contributed by atoms with Gasteiger partial charge < -0.3 is 9.73 Å². The van der Waals surface area contributed by atoms with E-state index in [1.165, 1.54) is 6.08 Å². The van der Waals surface area contributed by atoms with E-state index in [-0.39, 0.29) is 5.57 Å². The van der Waals surface area contributed by atoms with Crippen molar-refractivity contribution in [2.24, 2.45) is 0 Å². The average Bonchev–Trinajstić information content (AvgIpc) is 3.12. The summed E-state index contributed by atoms with van der Waals surface area (Å²) in [7, 11) is 0. The molecule has 0 saturated carbocycles. The Bertz CT molecular complexity index is 1060. The fraction of sp³-hybridized carbons (Fsp3) is 0.0476. The van der Waals surface area contributed by atoms with Crippen molar-refractivity contribution >= 4 is 51.9 Å². The Labute approximate surface area is 175 Å². The summed E-state index contributed by atoms with van der Waals surface area (Å²) in [6.45, 7) is 1.85. The van der Waals surface area contributed by atoms with Gasteiger partial charge in [-0.1, -0.05) is 29.8 Å². The second kappa shape index (κ2) is 8.42. The molecule has 1 aromatic heterocycles. The molecule has 0 spiro atoms. The van der Waals surface area contributed by atoms with E-state index < -0.39 is 5.91 Å². The first-order valence-electron chi connectivity index (χ1n) is 8.01. The summed E-state index contributed by atoms with van der Waals surface area (Å²) in [6.07, 6.45) is 1.42. The Morgan fingerprint density at radius 3 is 2.63 bits per heavy atom. The highest BCUT2D eigenvalue weighted by Gasteiger charge is 2.13. The van der Waals surface area contributed by atoms with E-state index in [4.69, 9.17) is 16.0 Å². The largest absolute Gasteiger partial charge is 0.457 e. The van der Waals surface area contributed by atoms with Crippen LogP contribution in [0.4, 0.5) is 5.69 Å². The number of carbonyl (C=O) groups excluding carboxylic acids is 1. The van der Waals surface area contributed by atoms with Crippen LogP contribution in [0.25, 0.3) is 17.4 Å². The average molecular weight is 489 g/mol. The first-order valence-corrected chi connectivity index (χ1v) is 9.47. The minimum absolute atomic E-state index is 0.0575. The zero-order valence-corrected chi connectivity index (χ0v) is 17.2. The van der Waals surface area contributed by atoms with Gasteiger partial charge in [-0.2, -0.15) is 5.26 Å². The molecule has 6 heteroatoms. The first-order chi connectivity index (χ1) is 13.0. The Hall–Kier alpha value is -2.56. The van der Waals surface area contributed by atoms with Crippen LogP contribution in [0, 0.1) is 21.8 Å². The van der Waals surface area contributed by atoms with Gasteiger partial charge in [0.15, 0.2) is 0 Å². The number of nitriles is 1. The lowest BCUT2D eigenvalue weighted by Gasteiger charge is -2.08. The smallest absolute Gasteiger partial charge is 0.266 e. The molecule has 0 fully saturated rings. The van der Waals surface area contributed by atoms with Gasteiger partial charge in [0.2, 0.25) is 0 Å². The van der Waals surface area contributed by atoms with Gasteiger partial charge in [0.1, 0.15) is 23.2 Å². The van der Waals surface area contributed by atoms with Gasteiger partial charge in [0.05, 0.1) is 0 Å². The van der Waals surface area contributed by atoms with Crippen LogP contribution in [0.3, 0.4) is 0 Å². The molecular weight excluding hydrogens is 475 g/mol. The maximum atomic E-state index is 12.4. The number of benzene rings is 2. The lowest BCUT2D eigenvalue weighted by Crippen LogP contribution is -2.14. The molecule has 0 aliphatic rings. The second-order valence-electron chi connectivity index (χ2n) is 5.79. The Kier molecular flexibility index (Phi) is 5.99. The lowest BCUT2D eigenvalue weighted by molar-refractivity contribution is -0.112. The van der Waals surface area contributed by atoms with Gasteiger partial charge in [0, 0.05) is 25.9 Å². The number of carbonyl (C=O) groups is 1. The van der Waals surface area contributed by atoms with Gasteiger partial charge in [-0.05, 0) is 71.5 Å². The predicted molar refractivity (Wildman–Crippen MR) is 115 cm³/mol. The molecule has 3 rings (SSSR count). The number of nitrogens with one attached hydrogen (secondary N) is 1. The summed E-state index contributed by atoms with van der Waals surface area (Å²) < 4.78 is 6.88. The maximum absolute atomic E-state index is 12.4. The number of furan rings is 1. The summed E-state index contributed by atoms with van der Waals surface area (Å²) in [5.41, 5.74) is 2.28. The molecule has 0 radical (unpaired) electrons. The lowest BCUT2D eigenvalue weighted by atomic mass is 10.1. The molecular formula is C21H14ClIN2O2. The van der Waals surface area contributed by atoms with E-state index >= 15 is 0 Å². The molecule has 0 aliphatic carbocycles. The molecule has 0 saturated heterocycles. The van der Waals surface area contributed by atoms with E-state index in [0.717, 1.165) is 14.7 Å². The van der Waals surface area contributed by atoms with Crippen molar-refractivity contribution < 1.29 is 9.21 Å². The van der Waals surface area contributed by atoms with E-state index in [2.05, 4.69) is 27.9 Å². The van der Waals surface area contributed by atoms with Crippen LogP contribution in [0.15, 0.2) is 64.6 Å². The van der Waals surface area contributed by atoms with E-state index in [1.54, 1.807) is 24.3 Å². The fourth-order valence-electron chi connectivity index (χ4n) is 2.41. The van der Waals surface area contributed by atoms with Crippen LogP contribution in [0.1, 0.15) is 11.3 Å². The van der Waals surface area contributed by atoms with Gasteiger partial charge in [-0.3, -0.25) is 4.79 Å². The predicted octanol–water partition coefficient (Wildman–Crippen LogP) is 6.06. The molecule has 27 heavy (non-hydrogen) atoms. The molecule has 0 atom stereocenters. The Balaban J connectivity index is 1.82. The summed E-state index contributed by atoms with van der Waals surface area (Å²) in [6, 6.07) is 18.5. The van der Waals surface area contributed by atoms with Gasteiger partial charge in [0.25, 0.3) is 5.91 Å². The molecule has 1 N–H and O–H groups in total. The highest BCUT2D eigenvalue weighted by molar-refractivity contribution is 14.1. The minimum Gasteiger partial charge on any atom is -0.457 e. The van der Waals surface area contributed by atoms with E-state index in [9.17, 15) is 10.1 Å². The molecule has 0 bridgehead atoms. The van der Waals surface area contributed by atoms with Crippen molar-refractivity contribution in [3.8, 4) is 17.4 Å². The van der Waals surface area contributed by atoms with Crippen molar-refractivity contribution in [3.63, 3.8) is 0 Å². The standard InChI is InChI=1S/C21H14ClIN2O2/c1-13-2-5-16(22)11-19(13)25-21(26)15(12-24)10-18-8-9-20(27-18)14-3-6-17(23)7-4-14/h2-11H,1H3,(H,25,26)/b15-10+. The highest BCUT2D eigenvalue weighted by atomic mass is 127. The van der Waals surface area contributed by atoms with Crippen molar-refractivity contribution in [1.29, 1.82) is 5.26 Å². The number of hydrogen-bond donors (Lipinski definition) is 1. The minimum atomic E-state index is -0.518. The highest BCUT2D eigenvalue weighted by Crippen LogP contribution is 2.25. The van der Waals surface area contributed by atoms with Crippen molar-refractivity contribution in [3.05, 3.63) is 80.1 Å². The van der Waals surface area contributed by atoms with Crippen LogP contribution in [0.5, 0.6) is 0 Å². The maximum Gasteiger partial charge on any atom is 0.266 e. The zero-order valence-electron chi connectivity index (χ0n) is 14.3. The third-order valence-corrected chi connectivity index (χ3v) is 4.81. The topological polar surface area (TPSA) is 66.0 Å². The first kappa shape index (κ1) is 19.2. The molecule has 3 aromatic rings. The monoisotopic (exact) mass is 488 g/mol. The van der Waals surface area contributed by atoms with Crippen LogP contribution in [-0.2, 0) is 4.79 Å². The number of rotatable bonds is 4. The van der Waals surface area contributed by atoms with E-state index in [1.807, 2.05) is 43.3 Å². The van der Waals surface area contributed by atoms with Gasteiger partial charge in [-0.15, -0.1) is 0 Å². The molecule has 1 amide bonds. The number of aryl methyl sites for hydroxylation is 1. The summed E-state index contributed by atoms with van der Waals surface area (Å²) in [4.78, 5) is 12.4. The third kappa shape index (κ3) is 4.79. The molecule has 0 aliphatic heterocycles. The number of anilines is 1. The Morgan fingerprint density at radius 2 is 1.93 bits per heavy atom. The third-order valence-electron chi connectivity index (χ3n) is 3.86.